The van der Waals surface area contributed by atoms with Crippen molar-refractivity contribution in [2.45, 2.75) is 32.2 Å². The molecule has 7 heteroatoms. The fourth-order valence-corrected chi connectivity index (χ4v) is 3.11. The predicted octanol–water partition coefficient (Wildman–Crippen LogP) is 3.34. The van der Waals surface area contributed by atoms with E-state index in [0.717, 1.165) is 42.8 Å². The van der Waals surface area contributed by atoms with E-state index in [-0.39, 0.29) is 11.8 Å². The van der Waals surface area contributed by atoms with Gasteiger partial charge in [0.25, 0.3) is 0 Å². The fourth-order valence-electron chi connectivity index (χ4n) is 3.11. The lowest BCUT2D eigenvalue weighted by atomic mass is 9.96. The van der Waals surface area contributed by atoms with E-state index in [2.05, 4.69) is 20.4 Å². The molecular formula is C18H18FN5O. The Bertz CT molecular complexity index is 908. The second-order valence-corrected chi connectivity index (χ2v) is 6.11. The van der Waals surface area contributed by atoms with Crippen LogP contribution < -0.4 is 11.1 Å². The zero-order chi connectivity index (χ0) is 17.2. The number of nitrogen functional groups attached to an aromatic ring is 1. The minimum Gasteiger partial charge on any atom is -0.368 e. The summed E-state index contributed by atoms with van der Waals surface area (Å²) >= 11 is 0. The van der Waals surface area contributed by atoms with Gasteiger partial charge in [-0.15, -0.1) is 0 Å². The summed E-state index contributed by atoms with van der Waals surface area (Å²) in [6.45, 7) is 0.422. The van der Waals surface area contributed by atoms with Crippen molar-refractivity contribution in [3.63, 3.8) is 0 Å². The Labute approximate surface area is 144 Å². The summed E-state index contributed by atoms with van der Waals surface area (Å²) in [5, 5.41) is 7.27. The van der Waals surface area contributed by atoms with E-state index >= 15 is 0 Å². The fraction of sp³-hybridized carbons (Fsp3) is 0.278. The first-order chi connectivity index (χ1) is 12.2. The average Bonchev–Trinajstić information content (AvgIpc) is 3.08. The molecule has 0 amide bonds. The maximum absolute atomic E-state index is 13.3. The molecule has 0 saturated heterocycles. The molecule has 25 heavy (non-hydrogen) atoms. The van der Waals surface area contributed by atoms with Crippen molar-refractivity contribution in [1.29, 1.82) is 0 Å². The topological polar surface area (TPSA) is 89.9 Å². The lowest BCUT2D eigenvalue weighted by molar-refractivity contribution is 0.390. The highest BCUT2D eigenvalue weighted by Crippen LogP contribution is 2.27. The number of benzene rings is 1. The SMILES string of the molecule is Nc1nc2c(c(NCc3cc(-c4cccc(F)c4)no3)n1)CCCC2. The standard InChI is InChI=1S/C18H18FN5O/c19-12-5-3-4-11(8-12)16-9-13(25-24-16)10-21-17-14-6-1-2-7-15(14)22-18(20)23-17/h3-5,8-9H,1-2,6-7,10H2,(H3,20,21,22,23). The molecule has 0 spiro atoms. The average molecular weight is 339 g/mol. The molecule has 2 aromatic heterocycles. The zero-order valence-corrected chi connectivity index (χ0v) is 13.6. The summed E-state index contributed by atoms with van der Waals surface area (Å²) in [6.07, 6.45) is 4.13. The second kappa shape index (κ2) is 6.51. The van der Waals surface area contributed by atoms with Gasteiger partial charge in [-0.1, -0.05) is 17.3 Å². The van der Waals surface area contributed by atoms with E-state index in [0.29, 0.717) is 23.6 Å². The van der Waals surface area contributed by atoms with E-state index in [1.165, 1.54) is 12.1 Å². The van der Waals surface area contributed by atoms with Crippen molar-refractivity contribution in [2.75, 3.05) is 11.1 Å². The molecule has 2 heterocycles. The van der Waals surface area contributed by atoms with Crippen LogP contribution in [0.3, 0.4) is 0 Å². The number of rotatable bonds is 4. The number of fused-ring (bicyclic) bond motifs is 1. The van der Waals surface area contributed by atoms with Crippen LogP contribution >= 0.6 is 0 Å². The molecule has 0 radical (unpaired) electrons. The van der Waals surface area contributed by atoms with Crippen molar-refractivity contribution in [3.8, 4) is 11.3 Å². The van der Waals surface area contributed by atoms with Gasteiger partial charge in [0, 0.05) is 17.2 Å². The van der Waals surface area contributed by atoms with Crippen LogP contribution in [0.25, 0.3) is 11.3 Å². The van der Waals surface area contributed by atoms with Crippen LogP contribution in [0.2, 0.25) is 0 Å². The van der Waals surface area contributed by atoms with Gasteiger partial charge < -0.3 is 15.6 Å². The van der Waals surface area contributed by atoms with Gasteiger partial charge >= 0.3 is 0 Å². The molecule has 1 aliphatic rings. The maximum Gasteiger partial charge on any atom is 0.222 e. The molecular weight excluding hydrogens is 321 g/mol. The van der Waals surface area contributed by atoms with Crippen LogP contribution in [-0.2, 0) is 19.4 Å². The highest BCUT2D eigenvalue weighted by molar-refractivity contribution is 5.59. The minimum atomic E-state index is -0.303. The van der Waals surface area contributed by atoms with E-state index in [4.69, 9.17) is 10.3 Å². The molecule has 3 N–H and O–H groups in total. The van der Waals surface area contributed by atoms with E-state index in [1.54, 1.807) is 18.2 Å². The Kier molecular flexibility index (Phi) is 4.05. The first-order valence-corrected chi connectivity index (χ1v) is 8.30. The number of aromatic nitrogens is 3. The number of halogens is 1. The van der Waals surface area contributed by atoms with Gasteiger partial charge in [0.1, 0.15) is 17.3 Å². The molecule has 3 aromatic rings. The molecule has 0 atom stereocenters. The van der Waals surface area contributed by atoms with E-state index in [9.17, 15) is 4.39 Å². The quantitative estimate of drug-likeness (QED) is 0.758. The molecule has 0 aliphatic heterocycles. The monoisotopic (exact) mass is 339 g/mol. The third-order valence-corrected chi connectivity index (χ3v) is 4.31. The molecule has 0 fully saturated rings. The number of hydrogen-bond donors (Lipinski definition) is 2. The molecule has 0 bridgehead atoms. The smallest absolute Gasteiger partial charge is 0.222 e. The molecule has 0 unspecified atom stereocenters. The van der Waals surface area contributed by atoms with Crippen LogP contribution in [-0.4, -0.2) is 15.1 Å². The summed E-state index contributed by atoms with van der Waals surface area (Å²) in [7, 11) is 0. The van der Waals surface area contributed by atoms with E-state index in [1.807, 2.05) is 0 Å². The highest BCUT2D eigenvalue weighted by atomic mass is 19.1. The van der Waals surface area contributed by atoms with Crippen molar-refractivity contribution < 1.29 is 8.91 Å². The van der Waals surface area contributed by atoms with Gasteiger partial charge in [-0.3, -0.25) is 0 Å². The van der Waals surface area contributed by atoms with Gasteiger partial charge in [-0.2, -0.15) is 4.98 Å². The Hall–Kier alpha value is -2.96. The predicted molar refractivity (Wildman–Crippen MR) is 92.3 cm³/mol. The number of nitrogens with zero attached hydrogens (tertiary/aromatic N) is 3. The summed E-state index contributed by atoms with van der Waals surface area (Å²) in [6, 6.07) is 8.05. The zero-order valence-electron chi connectivity index (χ0n) is 13.6. The van der Waals surface area contributed by atoms with Crippen LogP contribution in [0, 0.1) is 5.82 Å². The molecule has 128 valence electrons. The lowest BCUT2D eigenvalue weighted by Crippen LogP contribution is -2.14. The molecule has 1 aromatic carbocycles. The number of anilines is 2. The summed E-state index contributed by atoms with van der Waals surface area (Å²) in [4.78, 5) is 8.66. The summed E-state index contributed by atoms with van der Waals surface area (Å²) in [5.74, 6) is 1.37. The van der Waals surface area contributed by atoms with Crippen LogP contribution in [0.5, 0.6) is 0 Å². The number of hydrogen-bond acceptors (Lipinski definition) is 6. The van der Waals surface area contributed by atoms with Crippen molar-refractivity contribution in [3.05, 3.63) is 53.2 Å². The van der Waals surface area contributed by atoms with E-state index < -0.39 is 0 Å². The Morgan fingerprint density at radius 2 is 2.04 bits per heavy atom. The van der Waals surface area contributed by atoms with Gasteiger partial charge in [0.15, 0.2) is 5.76 Å². The van der Waals surface area contributed by atoms with Crippen molar-refractivity contribution >= 4 is 11.8 Å². The minimum absolute atomic E-state index is 0.279. The van der Waals surface area contributed by atoms with Crippen LogP contribution in [0.15, 0.2) is 34.9 Å². The Balaban J connectivity index is 1.52. The normalized spacial score (nSPS) is 13.5. The van der Waals surface area contributed by atoms with Gasteiger partial charge in [-0.05, 0) is 37.8 Å². The molecule has 4 rings (SSSR count). The molecule has 0 saturated carbocycles. The summed E-state index contributed by atoms with van der Waals surface area (Å²) in [5.41, 5.74) is 9.25. The summed E-state index contributed by atoms with van der Waals surface area (Å²) < 4.78 is 18.7. The first kappa shape index (κ1) is 15.6. The van der Waals surface area contributed by atoms with Gasteiger partial charge in [-0.25, -0.2) is 9.37 Å². The molecule has 6 nitrogen and oxygen atoms in total. The van der Waals surface area contributed by atoms with Crippen molar-refractivity contribution in [1.82, 2.24) is 15.1 Å². The lowest BCUT2D eigenvalue weighted by Gasteiger charge is -2.18. The second-order valence-electron chi connectivity index (χ2n) is 6.11. The third-order valence-electron chi connectivity index (χ3n) is 4.31. The third kappa shape index (κ3) is 3.31. The Morgan fingerprint density at radius 3 is 2.92 bits per heavy atom. The van der Waals surface area contributed by atoms with Gasteiger partial charge in [0.05, 0.1) is 12.2 Å². The van der Waals surface area contributed by atoms with Crippen LogP contribution in [0.4, 0.5) is 16.2 Å². The van der Waals surface area contributed by atoms with Crippen LogP contribution in [0.1, 0.15) is 29.9 Å². The first-order valence-electron chi connectivity index (χ1n) is 8.30. The molecule has 1 aliphatic carbocycles. The van der Waals surface area contributed by atoms with Crippen molar-refractivity contribution in [2.24, 2.45) is 0 Å². The number of aryl methyl sites for hydroxylation is 1. The number of nitrogens with one attached hydrogen (secondary N) is 1. The van der Waals surface area contributed by atoms with Gasteiger partial charge in [0.2, 0.25) is 5.95 Å². The Morgan fingerprint density at radius 1 is 1.16 bits per heavy atom. The largest absolute Gasteiger partial charge is 0.368 e. The highest BCUT2D eigenvalue weighted by Gasteiger charge is 2.17. The maximum atomic E-state index is 13.3. The number of nitrogens with two attached hydrogens (primary N) is 1.